The molecular formula is C14H18N4OS. The second kappa shape index (κ2) is 5.36. The van der Waals surface area contributed by atoms with Crippen LogP contribution in [0.25, 0.3) is 0 Å². The van der Waals surface area contributed by atoms with E-state index in [-0.39, 0.29) is 11.9 Å². The molecule has 1 aliphatic rings. The lowest BCUT2D eigenvalue weighted by atomic mass is 9.88. The number of carbonyl (C=O) groups excluding carboxylic acids is 1. The zero-order valence-corrected chi connectivity index (χ0v) is 12.5. The van der Waals surface area contributed by atoms with Crippen LogP contribution in [0, 0.1) is 5.92 Å². The number of aromatic amines is 1. The number of aromatic nitrogens is 3. The zero-order valence-electron chi connectivity index (χ0n) is 11.6. The van der Waals surface area contributed by atoms with E-state index in [9.17, 15) is 4.79 Å². The van der Waals surface area contributed by atoms with Crippen molar-refractivity contribution < 1.29 is 4.79 Å². The minimum Gasteiger partial charge on any atom is -0.342 e. The summed E-state index contributed by atoms with van der Waals surface area (Å²) in [5.41, 5.74) is 2.08. The van der Waals surface area contributed by atoms with Crippen molar-refractivity contribution in [2.45, 2.75) is 39.2 Å². The fraction of sp³-hybridized carbons (Fsp3) is 0.500. The third-order valence-corrected chi connectivity index (χ3v) is 4.89. The van der Waals surface area contributed by atoms with Crippen LogP contribution in [0.5, 0.6) is 0 Å². The number of rotatable bonds is 3. The fourth-order valence-corrected chi connectivity index (χ4v) is 3.88. The second-order valence-corrected chi connectivity index (χ2v) is 6.43. The van der Waals surface area contributed by atoms with Gasteiger partial charge < -0.3 is 5.32 Å². The van der Waals surface area contributed by atoms with E-state index in [2.05, 4.69) is 27.4 Å². The van der Waals surface area contributed by atoms with Gasteiger partial charge in [0.25, 0.3) is 5.91 Å². The van der Waals surface area contributed by atoms with Gasteiger partial charge in [-0.3, -0.25) is 9.89 Å². The second-order valence-electron chi connectivity index (χ2n) is 5.46. The molecule has 0 saturated carbocycles. The number of carbonyl (C=O) groups is 1. The Labute approximate surface area is 121 Å². The monoisotopic (exact) mass is 290 g/mol. The van der Waals surface area contributed by atoms with Crippen molar-refractivity contribution in [2.75, 3.05) is 0 Å². The molecule has 0 aliphatic heterocycles. The van der Waals surface area contributed by atoms with Crippen molar-refractivity contribution in [3.05, 3.63) is 33.5 Å². The molecule has 0 saturated heterocycles. The fourth-order valence-electron chi connectivity index (χ4n) is 2.63. The minimum absolute atomic E-state index is 0.0130. The molecule has 2 N–H and O–H groups in total. The number of nitrogens with one attached hydrogen (secondary N) is 2. The lowest BCUT2D eigenvalue weighted by Crippen LogP contribution is -2.28. The maximum atomic E-state index is 12.4. The third kappa shape index (κ3) is 2.47. The Morgan fingerprint density at radius 2 is 2.45 bits per heavy atom. The molecule has 2 atom stereocenters. The quantitative estimate of drug-likeness (QED) is 0.912. The number of amides is 1. The largest absolute Gasteiger partial charge is 0.342 e. The number of thiophene rings is 1. The molecule has 20 heavy (non-hydrogen) atoms. The van der Waals surface area contributed by atoms with Gasteiger partial charge >= 0.3 is 0 Å². The SMILES string of the molecule is CC1CCc2c(C(=O)NC(C)c3ncn[nH]3)csc2C1. The van der Waals surface area contributed by atoms with E-state index in [0.29, 0.717) is 5.82 Å². The van der Waals surface area contributed by atoms with Crippen LogP contribution in [0.4, 0.5) is 0 Å². The van der Waals surface area contributed by atoms with E-state index < -0.39 is 0 Å². The highest BCUT2D eigenvalue weighted by molar-refractivity contribution is 7.10. The summed E-state index contributed by atoms with van der Waals surface area (Å²) in [4.78, 5) is 17.8. The van der Waals surface area contributed by atoms with E-state index in [1.807, 2.05) is 12.3 Å². The standard InChI is InChI=1S/C14H18N4OS/c1-8-3-4-10-11(6-20-12(10)5-8)14(19)17-9(2)13-15-7-16-18-13/h6-9H,3-5H2,1-2H3,(H,17,19)(H,15,16,18). The van der Waals surface area contributed by atoms with Crippen LogP contribution in [-0.4, -0.2) is 21.1 Å². The van der Waals surface area contributed by atoms with Gasteiger partial charge in [0.1, 0.15) is 12.2 Å². The molecule has 0 bridgehead atoms. The molecular weight excluding hydrogens is 272 g/mol. The van der Waals surface area contributed by atoms with Crippen LogP contribution in [0.3, 0.4) is 0 Å². The molecule has 3 rings (SSSR count). The van der Waals surface area contributed by atoms with Crippen LogP contribution in [0.15, 0.2) is 11.7 Å². The van der Waals surface area contributed by atoms with Crippen molar-refractivity contribution in [3.8, 4) is 0 Å². The number of fused-ring (bicyclic) bond motifs is 1. The van der Waals surface area contributed by atoms with Gasteiger partial charge in [0, 0.05) is 10.3 Å². The summed E-state index contributed by atoms with van der Waals surface area (Å²) in [6.45, 7) is 4.17. The third-order valence-electron chi connectivity index (χ3n) is 3.84. The van der Waals surface area contributed by atoms with Gasteiger partial charge in [-0.15, -0.1) is 11.3 Å². The highest BCUT2D eigenvalue weighted by Gasteiger charge is 2.24. The first-order chi connectivity index (χ1) is 9.65. The summed E-state index contributed by atoms with van der Waals surface area (Å²) in [6.07, 6.45) is 4.73. The number of hydrogen-bond acceptors (Lipinski definition) is 4. The summed E-state index contributed by atoms with van der Waals surface area (Å²) in [6, 6.07) is -0.164. The summed E-state index contributed by atoms with van der Waals surface area (Å²) >= 11 is 1.71. The molecule has 1 aliphatic carbocycles. The minimum atomic E-state index is -0.164. The molecule has 5 nitrogen and oxygen atoms in total. The molecule has 2 unspecified atom stereocenters. The summed E-state index contributed by atoms with van der Waals surface area (Å²) in [5.74, 6) is 1.39. The highest BCUT2D eigenvalue weighted by atomic mass is 32.1. The molecule has 1 amide bonds. The van der Waals surface area contributed by atoms with Gasteiger partial charge in [0.2, 0.25) is 0 Å². The predicted octanol–water partition coefficient (Wildman–Crippen LogP) is 2.48. The molecule has 0 aromatic carbocycles. The van der Waals surface area contributed by atoms with Gasteiger partial charge in [-0.25, -0.2) is 4.98 Å². The smallest absolute Gasteiger partial charge is 0.252 e. The normalized spacial score (nSPS) is 19.4. The van der Waals surface area contributed by atoms with Gasteiger partial charge in [-0.05, 0) is 37.7 Å². The van der Waals surface area contributed by atoms with Crippen LogP contribution in [0.2, 0.25) is 0 Å². The average molecular weight is 290 g/mol. The predicted molar refractivity (Wildman–Crippen MR) is 77.8 cm³/mol. The van der Waals surface area contributed by atoms with Crippen molar-refractivity contribution >= 4 is 17.2 Å². The summed E-state index contributed by atoms with van der Waals surface area (Å²) in [5, 5.41) is 11.6. The van der Waals surface area contributed by atoms with Crippen LogP contribution < -0.4 is 5.32 Å². The molecule has 2 aromatic rings. The first kappa shape index (κ1) is 13.3. The Balaban J connectivity index is 1.75. The molecule has 0 radical (unpaired) electrons. The Morgan fingerprint density at radius 1 is 1.60 bits per heavy atom. The van der Waals surface area contributed by atoms with Crippen LogP contribution in [0.1, 0.15) is 52.9 Å². The lowest BCUT2D eigenvalue weighted by molar-refractivity contribution is 0.0937. The van der Waals surface area contributed by atoms with Gasteiger partial charge in [-0.1, -0.05) is 6.92 Å². The maximum absolute atomic E-state index is 12.4. The molecule has 106 valence electrons. The van der Waals surface area contributed by atoms with E-state index >= 15 is 0 Å². The Hall–Kier alpha value is -1.69. The highest BCUT2D eigenvalue weighted by Crippen LogP contribution is 2.32. The van der Waals surface area contributed by atoms with Crippen molar-refractivity contribution in [3.63, 3.8) is 0 Å². The van der Waals surface area contributed by atoms with Gasteiger partial charge in [0.15, 0.2) is 0 Å². The lowest BCUT2D eigenvalue weighted by Gasteiger charge is -2.19. The van der Waals surface area contributed by atoms with E-state index in [1.165, 1.54) is 23.2 Å². The van der Waals surface area contributed by atoms with Gasteiger partial charge in [0.05, 0.1) is 11.6 Å². The van der Waals surface area contributed by atoms with Crippen molar-refractivity contribution in [1.29, 1.82) is 0 Å². The molecule has 0 spiro atoms. The van der Waals surface area contributed by atoms with E-state index in [4.69, 9.17) is 0 Å². The summed E-state index contributed by atoms with van der Waals surface area (Å²) in [7, 11) is 0. The van der Waals surface area contributed by atoms with E-state index in [1.54, 1.807) is 11.3 Å². The van der Waals surface area contributed by atoms with Gasteiger partial charge in [-0.2, -0.15) is 5.10 Å². The first-order valence-electron chi connectivity index (χ1n) is 6.90. The molecule has 6 heteroatoms. The average Bonchev–Trinajstić information content (AvgIpc) is 3.07. The Morgan fingerprint density at radius 3 is 3.20 bits per heavy atom. The van der Waals surface area contributed by atoms with E-state index in [0.717, 1.165) is 24.3 Å². The first-order valence-corrected chi connectivity index (χ1v) is 7.78. The van der Waals surface area contributed by atoms with Crippen LogP contribution in [-0.2, 0) is 12.8 Å². The van der Waals surface area contributed by atoms with Crippen LogP contribution >= 0.6 is 11.3 Å². The van der Waals surface area contributed by atoms with Crippen molar-refractivity contribution in [2.24, 2.45) is 5.92 Å². The zero-order chi connectivity index (χ0) is 14.1. The number of H-pyrrole nitrogens is 1. The number of nitrogens with zero attached hydrogens (tertiary/aromatic N) is 2. The molecule has 2 heterocycles. The topological polar surface area (TPSA) is 70.7 Å². The maximum Gasteiger partial charge on any atom is 0.252 e. The Bertz CT molecular complexity index is 605. The Kier molecular flexibility index (Phi) is 3.56. The summed E-state index contributed by atoms with van der Waals surface area (Å²) < 4.78 is 0. The number of hydrogen-bond donors (Lipinski definition) is 2. The molecule has 0 fully saturated rings. The van der Waals surface area contributed by atoms with Crippen molar-refractivity contribution in [1.82, 2.24) is 20.5 Å². The molecule has 2 aromatic heterocycles.